The summed E-state index contributed by atoms with van der Waals surface area (Å²) in [4.78, 5) is 27.1. The fourth-order valence-corrected chi connectivity index (χ4v) is 5.91. The standard InChI is InChI=1S/C23H25N3O6S/c27-22-12-16(14-26(22)18-6-9-20-21(13-18)32-15-31-20)23(28)24-17-4-7-19(8-5-17)33(29,30)25-10-2-1-3-11-25/h4-9,13,16H,1-3,10-12,14-15H2,(H,24,28). The van der Waals surface area contributed by atoms with E-state index in [1.54, 1.807) is 35.2 Å². The molecule has 1 atom stereocenters. The number of hydrogen-bond acceptors (Lipinski definition) is 6. The summed E-state index contributed by atoms with van der Waals surface area (Å²) in [5.41, 5.74) is 1.15. The summed E-state index contributed by atoms with van der Waals surface area (Å²) in [6.07, 6.45) is 2.89. The number of benzene rings is 2. The average molecular weight is 472 g/mol. The van der Waals surface area contributed by atoms with Crippen LogP contribution in [0.15, 0.2) is 47.4 Å². The first-order valence-electron chi connectivity index (χ1n) is 11.0. The highest BCUT2D eigenvalue weighted by molar-refractivity contribution is 7.89. The van der Waals surface area contributed by atoms with Gasteiger partial charge in [0.25, 0.3) is 0 Å². The Kier molecular flexibility index (Phi) is 5.71. The molecule has 3 heterocycles. The minimum atomic E-state index is -3.52. The molecule has 174 valence electrons. The highest BCUT2D eigenvalue weighted by atomic mass is 32.2. The summed E-state index contributed by atoms with van der Waals surface area (Å²) in [6.45, 7) is 1.48. The molecule has 2 amide bonds. The van der Waals surface area contributed by atoms with Crippen LogP contribution in [-0.2, 0) is 19.6 Å². The minimum absolute atomic E-state index is 0.0989. The average Bonchev–Trinajstić information content (AvgIpc) is 3.46. The van der Waals surface area contributed by atoms with Gasteiger partial charge in [0, 0.05) is 43.5 Å². The highest BCUT2D eigenvalue weighted by Gasteiger charge is 2.36. The van der Waals surface area contributed by atoms with Gasteiger partial charge in [-0.05, 0) is 49.2 Å². The molecule has 33 heavy (non-hydrogen) atoms. The third-order valence-electron chi connectivity index (χ3n) is 6.24. The highest BCUT2D eigenvalue weighted by Crippen LogP contribution is 2.37. The number of fused-ring (bicyclic) bond motifs is 1. The molecule has 1 N–H and O–H groups in total. The van der Waals surface area contributed by atoms with Gasteiger partial charge in [-0.25, -0.2) is 8.42 Å². The summed E-state index contributed by atoms with van der Waals surface area (Å²) in [6, 6.07) is 11.5. The number of nitrogens with zero attached hydrogens (tertiary/aromatic N) is 2. The molecule has 0 radical (unpaired) electrons. The zero-order chi connectivity index (χ0) is 23.0. The number of amides is 2. The zero-order valence-electron chi connectivity index (χ0n) is 18.0. The molecule has 10 heteroatoms. The predicted octanol–water partition coefficient (Wildman–Crippen LogP) is 2.58. The van der Waals surface area contributed by atoms with E-state index in [1.807, 2.05) is 0 Å². The van der Waals surface area contributed by atoms with E-state index in [0.29, 0.717) is 36.0 Å². The number of nitrogens with one attached hydrogen (secondary N) is 1. The van der Waals surface area contributed by atoms with E-state index < -0.39 is 15.9 Å². The van der Waals surface area contributed by atoms with Crippen LogP contribution in [0, 0.1) is 5.92 Å². The smallest absolute Gasteiger partial charge is 0.243 e. The molecule has 0 saturated carbocycles. The van der Waals surface area contributed by atoms with Crippen molar-refractivity contribution in [3.63, 3.8) is 0 Å². The Morgan fingerprint density at radius 3 is 2.45 bits per heavy atom. The van der Waals surface area contributed by atoms with Crippen molar-refractivity contribution in [1.29, 1.82) is 0 Å². The van der Waals surface area contributed by atoms with Gasteiger partial charge in [-0.15, -0.1) is 0 Å². The molecule has 2 aromatic rings. The second-order valence-electron chi connectivity index (χ2n) is 8.42. The molecule has 5 rings (SSSR count). The molecule has 2 aromatic carbocycles. The lowest BCUT2D eigenvalue weighted by Gasteiger charge is -2.25. The monoisotopic (exact) mass is 471 g/mol. The van der Waals surface area contributed by atoms with Gasteiger partial charge in [0.05, 0.1) is 10.8 Å². The van der Waals surface area contributed by atoms with Crippen molar-refractivity contribution in [2.45, 2.75) is 30.6 Å². The van der Waals surface area contributed by atoms with Crippen LogP contribution in [0.3, 0.4) is 0 Å². The second kappa shape index (κ2) is 8.68. The summed E-state index contributed by atoms with van der Waals surface area (Å²) in [7, 11) is -3.52. The molecule has 0 aliphatic carbocycles. The van der Waals surface area contributed by atoms with Gasteiger partial charge >= 0.3 is 0 Å². The summed E-state index contributed by atoms with van der Waals surface area (Å²) >= 11 is 0. The van der Waals surface area contributed by atoms with Crippen LogP contribution in [-0.4, -0.2) is 51.0 Å². The fourth-order valence-electron chi connectivity index (χ4n) is 4.39. The number of carbonyl (C=O) groups excluding carboxylic acids is 2. The molecular weight excluding hydrogens is 446 g/mol. The summed E-state index contributed by atoms with van der Waals surface area (Å²) in [5, 5.41) is 2.81. The van der Waals surface area contributed by atoms with Crippen LogP contribution in [0.2, 0.25) is 0 Å². The Balaban J connectivity index is 1.23. The van der Waals surface area contributed by atoms with Gasteiger partial charge in [-0.3, -0.25) is 9.59 Å². The first-order chi connectivity index (χ1) is 15.9. The van der Waals surface area contributed by atoms with Crippen LogP contribution >= 0.6 is 0 Å². The maximum absolute atomic E-state index is 12.8. The number of ether oxygens (including phenoxy) is 2. The predicted molar refractivity (Wildman–Crippen MR) is 121 cm³/mol. The second-order valence-corrected chi connectivity index (χ2v) is 10.4. The molecule has 0 aromatic heterocycles. The molecule has 1 unspecified atom stereocenters. The van der Waals surface area contributed by atoms with Crippen molar-refractivity contribution in [2.24, 2.45) is 5.92 Å². The van der Waals surface area contributed by atoms with E-state index in [-0.39, 0.29) is 36.5 Å². The van der Waals surface area contributed by atoms with Crippen LogP contribution in [0.5, 0.6) is 11.5 Å². The van der Waals surface area contributed by atoms with Gasteiger partial charge in [-0.2, -0.15) is 4.31 Å². The van der Waals surface area contributed by atoms with E-state index in [1.165, 1.54) is 16.4 Å². The van der Waals surface area contributed by atoms with Crippen LogP contribution in [0.4, 0.5) is 11.4 Å². The van der Waals surface area contributed by atoms with Crippen LogP contribution in [0.25, 0.3) is 0 Å². The molecular formula is C23H25N3O6S. The number of rotatable bonds is 5. The van der Waals surface area contributed by atoms with Crippen molar-refractivity contribution in [2.75, 3.05) is 36.6 Å². The largest absolute Gasteiger partial charge is 0.454 e. The molecule has 3 aliphatic heterocycles. The van der Waals surface area contributed by atoms with Gasteiger partial charge in [0.1, 0.15) is 0 Å². The lowest BCUT2D eigenvalue weighted by atomic mass is 10.1. The van der Waals surface area contributed by atoms with Crippen molar-refractivity contribution in [3.8, 4) is 11.5 Å². The number of piperidine rings is 1. The van der Waals surface area contributed by atoms with Crippen LogP contribution < -0.4 is 19.7 Å². The van der Waals surface area contributed by atoms with Crippen LogP contribution in [0.1, 0.15) is 25.7 Å². The van der Waals surface area contributed by atoms with E-state index >= 15 is 0 Å². The Morgan fingerprint density at radius 1 is 0.970 bits per heavy atom. The van der Waals surface area contributed by atoms with Gasteiger partial charge in [-0.1, -0.05) is 6.42 Å². The fraction of sp³-hybridized carbons (Fsp3) is 0.391. The van der Waals surface area contributed by atoms with Crippen molar-refractivity contribution >= 4 is 33.2 Å². The molecule has 2 saturated heterocycles. The zero-order valence-corrected chi connectivity index (χ0v) is 18.8. The minimum Gasteiger partial charge on any atom is -0.454 e. The molecule has 0 spiro atoms. The number of anilines is 2. The molecule has 0 bridgehead atoms. The van der Waals surface area contributed by atoms with E-state index in [9.17, 15) is 18.0 Å². The normalized spacial score (nSPS) is 20.8. The van der Waals surface area contributed by atoms with Gasteiger partial charge in [0.15, 0.2) is 11.5 Å². The van der Waals surface area contributed by atoms with E-state index in [0.717, 1.165) is 19.3 Å². The third kappa shape index (κ3) is 4.28. The topological polar surface area (TPSA) is 105 Å². The summed E-state index contributed by atoms with van der Waals surface area (Å²) < 4.78 is 37.8. The maximum Gasteiger partial charge on any atom is 0.243 e. The van der Waals surface area contributed by atoms with E-state index in [4.69, 9.17) is 9.47 Å². The first kappa shape index (κ1) is 21.7. The number of carbonyl (C=O) groups is 2. The Morgan fingerprint density at radius 2 is 1.70 bits per heavy atom. The Labute approximate surface area is 192 Å². The molecule has 9 nitrogen and oxygen atoms in total. The van der Waals surface area contributed by atoms with Gasteiger partial charge < -0.3 is 19.7 Å². The number of sulfonamides is 1. The maximum atomic E-state index is 12.8. The molecule has 2 fully saturated rings. The molecule has 3 aliphatic rings. The SMILES string of the molecule is O=C(Nc1ccc(S(=O)(=O)N2CCCCC2)cc1)C1CC(=O)N(c2ccc3c(c2)OCO3)C1. The van der Waals surface area contributed by atoms with Gasteiger partial charge in [0.2, 0.25) is 28.6 Å². The van der Waals surface area contributed by atoms with Crippen molar-refractivity contribution in [3.05, 3.63) is 42.5 Å². The third-order valence-corrected chi connectivity index (χ3v) is 8.15. The lowest BCUT2D eigenvalue weighted by Crippen LogP contribution is -2.35. The number of hydrogen-bond donors (Lipinski definition) is 1. The summed E-state index contributed by atoms with van der Waals surface area (Å²) in [5.74, 6) is 0.271. The van der Waals surface area contributed by atoms with Crippen molar-refractivity contribution < 1.29 is 27.5 Å². The quantitative estimate of drug-likeness (QED) is 0.719. The first-order valence-corrected chi connectivity index (χ1v) is 12.5. The van der Waals surface area contributed by atoms with E-state index in [2.05, 4.69) is 5.32 Å². The lowest BCUT2D eigenvalue weighted by molar-refractivity contribution is -0.122. The Bertz CT molecular complexity index is 1180. The van der Waals surface area contributed by atoms with Crippen molar-refractivity contribution in [1.82, 2.24) is 4.31 Å². The Hall–Kier alpha value is -3.11.